The van der Waals surface area contributed by atoms with Gasteiger partial charge < -0.3 is 9.80 Å². The monoisotopic (exact) mass is 734 g/mol. The molecule has 0 atom stereocenters. The van der Waals surface area contributed by atoms with Crippen molar-refractivity contribution in [1.82, 2.24) is 0 Å². The van der Waals surface area contributed by atoms with E-state index in [1.165, 1.54) is 89.8 Å². The molecule has 0 aromatic heterocycles. The fraction of sp³-hybridized carbons (Fsp3) is 0.127. The van der Waals surface area contributed by atoms with Crippen LogP contribution in [0, 0.1) is 0 Å². The zero-order valence-corrected chi connectivity index (χ0v) is 32.7. The molecule has 0 saturated carbocycles. The Morgan fingerprint density at radius 3 is 1.39 bits per heavy atom. The van der Waals surface area contributed by atoms with Crippen molar-refractivity contribution in [2.45, 2.75) is 44.9 Å². The standard InChI is InChI=1S/C55H46N2/c1-55(2)50-25-15-24-48(41-16-7-3-8-17-41)54(50)49-35-34-47(38-51(49)55)57(46-22-13-6-14-23-46)53-37-40-27-31-42-30-26-39(28-32-43(53)33-29-40)36-52(42)56(44-18-9-4-10-19-44)45-20-11-5-12-21-45/h3-26,29-30,33-38H,27-28,31-32H2,1-2H3. The highest BCUT2D eigenvalue weighted by molar-refractivity contribution is 5.94. The topological polar surface area (TPSA) is 6.48 Å². The van der Waals surface area contributed by atoms with Gasteiger partial charge >= 0.3 is 0 Å². The average molecular weight is 735 g/mol. The van der Waals surface area contributed by atoms with Crippen LogP contribution >= 0.6 is 0 Å². The second kappa shape index (κ2) is 14.5. The van der Waals surface area contributed by atoms with E-state index in [9.17, 15) is 0 Å². The number of para-hydroxylation sites is 3. The number of benzene rings is 8. The van der Waals surface area contributed by atoms with E-state index in [2.05, 4.69) is 218 Å². The van der Waals surface area contributed by atoms with Gasteiger partial charge in [0.1, 0.15) is 0 Å². The molecule has 13 rings (SSSR count). The molecule has 0 radical (unpaired) electrons. The van der Waals surface area contributed by atoms with Gasteiger partial charge in [0.15, 0.2) is 0 Å². The highest BCUT2D eigenvalue weighted by Crippen LogP contribution is 2.54. The van der Waals surface area contributed by atoms with Gasteiger partial charge in [-0.2, -0.15) is 0 Å². The van der Waals surface area contributed by atoms with Gasteiger partial charge in [-0.15, -0.1) is 0 Å². The summed E-state index contributed by atoms with van der Waals surface area (Å²) in [5.74, 6) is 0. The number of hydrogen-bond acceptors (Lipinski definition) is 2. The van der Waals surface area contributed by atoms with Crippen LogP contribution in [-0.2, 0) is 31.1 Å². The Balaban J connectivity index is 1.07. The molecule has 0 saturated heterocycles. The van der Waals surface area contributed by atoms with Crippen molar-refractivity contribution in [3.63, 3.8) is 0 Å². The lowest BCUT2D eigenvalue weighted by Gasteiger charge is -2.31. The van der Waals surface area contributed by atoms with E-state index in [4.69, 9.17) is 0 Å². The molecule has 4 bridgehead atoms. The summed E-state index contributed by atoms with van der Waals surface area (Å²) < 4.78 is 0. The first-order valence-electron chi connectivity index (χ1n) is 20.4. The van der Waals surface area contributed by atoms with Gasteiger partial charge in [0.2, 0.25) is 0 Å². The summed E-state index contributed by atoms with van der Waals surface area (Å²) >= 11 is 0. The van der Waals surface area contributed by atoms with Crippen LogP contribution in [0.25, 0.3) is 22.3 Å². The largest absolute Gasteiger partial charge is 0.310 e. The zero-order chi connectivity index (χ0) is 38.3. The van der Waals surface area contributed by atoms with Crippen LogP contribution < -0.4 is 9.80 Å². The lowest BCUT2D eigenvalue weighted by molar-refractivity contribution is 0.660. The van der Waals surface area contributed by atoms with Gasteiger partial charge in [-0.1, -0.05) is 147 Å². The van der Waals surface area contributed by atoms with Gasteiger partial charge in [0.25, 0.3) is 0 Å². The van der Waals surface area contributed by atoms with E-state index in [-0.39, 0.29) is 5.41 Å². The van der Waals surface area contributed by atoms with Crippen LogP contribution in [0.1, 0.15) is 47.2 Å². The molecule has 0 unspecified atom stereocenters. The van der Waals surface area contributed by atoms with E-state index in [0.717, 1.165) is 25.7 Å². The van der Waals surface area contributed by atoms with E-state index in [1.54, 1.807) is 0 Å². The van der Waals surface area contributed by atoms with E-state index < -0.39 is 0 Å². The molecule has 8 aromatic rings. The minimum absolute atomic E-state index is 0.146. The molecular weight excluding hydrogens is 689 g/mol. The highest BCUT2D eigenvalue weighted by Gasteiger charge is 2.37. The summed E-state index contributed by atoms with van der Waals surface area (Å²) in [5.41, 5.74) is 20.5. The number of hydrogen-bond donors (Lipinski definition) is 0. The average Bonchev–Trinajstić information content (AvgIpc) is 3.49. The smallest absolute Gasteiger partial charge is 0.0496 e. The SMILES string of the molecule is CC1(C)c2cc(N(c3ccccc3)c3cc4ccc3CCc3ccc(c(N(c5ccccc5)c5ccccc5)c3)CC4)ccc2-c2c(-c3ccccc3)cccc21. The number of fused-ring (bicyclic) bond motifs is 3. The van der Waals surface area contributed by atoms with Crippen LogP contribution in [0.2, 0.25) is 0 Å². The van der Waals surface area contributed by atoms with Crippen LogP contribution in [0.15, 0.2) is 194 Å². The molecule has 5 aliphatic rings. The molecule has 8 aromatic carbocycles. The van der Waals surface area contributed by atoms with Crippen molar-refractivity contribution in [2.24, 2.45) is 0 Å². The molecule has 2 nitrogen and oxygen atoms in total. The third-order valence-electron chi connectivity index (χ3n) is 12.2. The number of nitrogens with zero attached hydrogens (tertiary/aromatic N) is 2. The molecule has 0 aliphatic heterocycles. The predicted molar refractivity (Wildman–Crippen MR) is 240 cm³/mol. The number of rotatable bonds is 7. The Bertz CT molecular complexity index is 2660. The van der Waals surface area contributed by atoms with Crippen LogP contribution in [-0.4, -0.2) is 0 Å². The maximum Gasteiger partial charge on any atom is 0.0496 e. The molecule has 0 heterocycles. The van der Waals surface area contributed by atoms with Crippen LogP contribution in [0.4, 0.5) is 34.1 Å². The summed E-state index contributed by atoms with van der Waals surface area (Å²) in [6, 6.07) is 71.9. The van der Waals surface area contributed by atoms with Crippen molar-refractivity contribution >= 4 is 34.1 Å². The Morgan fingerprint density at radius 1 is 0.368 bits per heavy atom. The summed E-state index contributed by atoms with van der Waals surface area (Å²) in [6.45, 7) is 4.78. The molecule has 57 heavy (non-hydrogen) atoms. The Hall–Kier alpha value is -6.64. The summed E-state index contributed by atoms with van der Waals surface area (Å²) in [6.07, 6.45) is 3.74. The van der Waals surface area contributed by atoms with Crippen molar-refractivity contribution in [3.8, 4) is 22.3 Å². The van der Waals surface area contributed by atoms with Crippen molar-refractivity contribution in [1.29, 1.82) is 0 Å². The van der Waals surface area contributed by atoms with Crippen molar-refractivity contribution < 1.29 is 0 Å². The number of aryl methyl sites for hydroxylation is 4. The highest BCUT2D eigenvalue weighted by atomic mass is 15.2. The van der Waals surface area contributed by atoms with E-state index >= 15 is 0 Å². The van der Waals surface area contributed by atoms with Gasteiger partial charge in [-0.25, -0.2) is 0 Å². The molecule has 0 spiro atoms. The van der Waals surface area contributed by atoms with Gasteiger partial charge in [-0.3, -0.25) is 0 Å². The van der Waals surface area contributed by atoms with E-state index in [1.807, 2.05) is 0 Å². The molecule has 0 N–H and O–H groups in total. The van der Waals surface area contributed by atoms with Crippen LogP contribution in [0.5, 0.6) is 0 Å². The third kappa shape index (κ3) is 6.32. The van der Waals surface area contributed by atoms with Gasteiger partial charge in [0.05, 0.1) is 0 Å². The van der Waals surface area contributed by atoms with Crippen LogP contribution in [0.3, 0.4) is 0 Å². The minimum atomic E-state index is -0.146. The lowest BCUT2D eigenvalue weighted by atomic mass is 9.81. The zero-order valence-electron chi connectivity index (χ0n) is 32.7. The first-order valence-corrected chi connectivity index (χ1v) is 20.4. The lowest BCUT2D eigenvalue weighted by Crippen LogP contribution is -2.17. The first kappa shape index (κ1) is 34.8. The van der Waals surface area contributed by atoms with E-state index in [0.29, 0.717) is 0 Å². The number of anilines is 6. The molecule has 0 amide bonds. The Morgan fingerprint density at radius 2 is 0.860 bits per heavy atom. The van der Waals surface area contributed by atoms with Crippen molar-refractivity contribution in [3.05, 3.63) is 228 Å². The molecule has 5 aliphatic carbocycles. The minimum Gasteiger partial charge on any atom is -0.310 e. The normalized spacial score (nSPS) is 13.6. The molecular formula is C55H46N2. The summed E-state index contributed by atoms with van der Waals surface area (Å²) in [7, 11) is 0. The first-order chi connectivity index (χ1) is 28.0. The Labute approximate surface area is 337 Å². The fourth-order valence-electron chi connectivity index (χ4n) is 9.29. The summed E-state index contributed by atoms with van der Waals surface area (Å²) in [5, 5.41) is 0. The van der Waals surface area contributed by atoms with Crippen molar-refractivity contribution in [2.75, 3.05) is 9.80 Å². The summed E-state index contributed by atoms with van der Waals surface area (Å²) in [4.78, 5) is 4.95. The van der Waals surface area contributed by atoms with Gasteiger partial charge in [0, 0.05) is 39.5 Å². The molecule has 0 fully saturated rings. The second-order valence-corrected chi connectivity index (χ2v) is 16.1. The predicted octanol–water partition coefficient (Wildman–Crippen LogP) is 14.5. The van der Waals surface area contributed by atoms with Gasteiger partial charge in [-0.05, 0) is 142 Å². The maximum atomic E-state index is 2.52. The maximum absolute atomic E-state index is 2.52. The molecule has 2 heteroatoms. The quantitative estimate of drug-likeness (QED) is 0.161. The third-order valence-corrected chi connectivity index (χ3v) is 12.2. The Kier molecular flexibility index (Phi) is 8.83. The molecule has 276 valence electrons. The second-order valence-electron chi connectivity index (χ2n) is 16.1. The fourth-order valence-corrected chi connectivity index (χ4v) is 9.29.